The zero-order valence-electron chi connectivity index (χ0n) is 4.13. The molecule has 7 heavy (non-hydrogen) atoms. The predicted octanol–water partition coefficient (Wildman–Crippen LogP) is 0.904. The minimum absolute atomic E-state index is 0.335. The molecule has 42 valence electrons. The van der Waals surface area contributed by atoms with Crippen molar-refractivity contribution in [2.24, 2.45) is 5.73 Å². The first kappa shape index (κ1) is 7.02. The molecule has 0 aliphatic rings. The third-order valence-corrected chi connectivity index (χ3v) is 0.938. The van der Waals surface area contributed by atoms with Gasteiger partial charge in [-0.2, -0.15) is 0 Å². The Morgan fingerprint density at radius 3 is 2.71 bits per heavy atom. The second-order valence-corrected chi connectivity index (χ2v) is 1.49. The molecule has 0 aromatic carbocycles. The average molecular weight is 121 g/mol. The van der Waals surface area contributed by atoms with Gasteiger partial charge in [0, 0.05) is 0 Å². The van der Waals surface area contributed by atoms with E-state index in [-0.39, 0.29) is 14.9 Å². The molecule has 0 saturated carbocycles. The number of rotatable bonds is 3. The first-order valence-electron chi connectivity index (χ1n) is 2.05. The summed E-state index contributed by atoms with van der Waals surface area (Å²) in [5.41, 5.74) is 5.15. The van der Waals surface area contributed by atoms with E-state index in [0.29, 0.717) is 6.42 Å². The largest absolute Gasteiger partial charge is 0.328 e. The summed E-state index contributed by atoms with van der Waals surface area (Å²) in [5, 5.41) is 0. The molecule has 0 aromatic rings. The topological polar surface area (TPSA) is 52.3 Å². The minimum atomic E-state index is -0.376. The normalized spacial score (nSPS) is 14.6. The number of hydrogen-bond acceptors (Lipinski definition) is 3. The fourth-order valence-electron chi connectivity index (χ4n) is 0.130. The summed E-state index contributed by atoms with van der Waals surface area (Å²) in [7, 11) is -0.335. The molecule has 4 heteroatoms. The van der Waals surface area contributed by atoms with Crippen molar-refractivity contribution in [3.63, 3.8) is 0 Å². The molecule has 0 saturated heterocycles. The van der Waals surface area contributed by atoms with Crippen LogP contribution in [0.25, 0.3) is 0 Å². The molecule has 0 aliphatic heterocycles. The van der Waals surface area contributed by atoms with E-state index in [4.69, 9.17) is 5.73 Å². The summed E-state index contributed by atoms with van der Waals surface area (Å²) in [6.45, 7) is 1.86. The lowest BCUT2D eigenvalue weighted by Crippen LogP contribution is -2.17. The van der Waals surface area contributed by atoms with Crippen molar-refractivity contribution in [2.45, 2.75) is 19.6 Å². The Bertz CT molecular complexity index is 58.9. The monoisotopic (exact) mass is 121 g/mol. The highest BCUT2D eigenvalue weighted by molar-refractivity contribution is 7.17. The number of nitrogens with two attached hydrogens (primary N) is 1. The molecular weight excluding hydrogens is 113 g/mol. The van der Waals surface area contributed by atoms with Gasteiger partial charge >= 0.3 is 8.69 Å². The van der Waals surface area contributed by atoms with Gasteiger partial charge in [0.2, 0.25) is 0 Å². The summed E-state index contributed by atoms with van der Waals surface area (Å²) < 4.78 is 14.0. The highest BCUT2D eigenvalue weighted by Gasteiger charge is 1.94. The summed E-state index contributed by atoms with van der Waals surface area (Å²) in [4.78, 5) is 0. The Morgan fingerprint density at radius 2 is 2.57 bits per heavy atom. The van der Waals surface area contributed by atoms with Crippen LogP contribution in [-0.4, -0.2) is 6.23 Å². The molecule has 0 rings (SSSR count). The molecular formula is C3H8NO2P. The molecule has 0 aromatic heterocycles. The molecule has 0 aliphatic carbocycles. The first-order valence-corrected chi connectivity index (χ1v) is 2.78. The first-order chi connectivity index (χ1) is 3.31. The van der Waals surface area contributed by atoms with Crippen LogP contribution in [0, 0.1) is 0 Å². The zero-order valence-corrected chi connectivity index (χ0v) is 5.02. The Balaban J connectivity index is 2.98. The standard InChI is InChI=1S/C3H8NO2P/c1-2-3(4)6-7-5/h3H,2,4H2,1H3. The van der Waals surface area contributed by atoms with Gasteiger partial charge in [0.25, 0.3) is 0 Å². The predicted molar refractivity (Wildman–Crippen MR) is 27.0 cm³/mol. The van der Waals surface area contributed by atoms with E-state index in [1.807, 2.05) is 6.92 Å². The summed E-state index contributed by atoms with van der Waals surface area (Å²) >= 11 is 0. The van der Waals surface area contributed by atoms with Crippen molar-refractivity contribution < 1.29 is 9.09 Å². The highest BCUT2D eigenvalue weighted by Crippen LogP contribution is 1.99. The fraction of sp³-hybridized carbons (Fsp3) is 1.00. The second-order valence-electron chi connectivity index (χ2n) is 1.13. The van der Waals surface area contributed by atoms with E-state index >= 15 is 0 Å². The van der Waals surface area contributed by atoms with Crippen LogP contribution >= 0.6 is 8.69 Å². The van der Waals surface area contributed by atoms with Crippen LogP contribution < -0.4 is 5.73 Å². The van der Waals surface area contributed by atoms with Crippen molar-refractivity contribution in [1.82, 2.24) is 0 Å². The van der Waals surface area contributed by atoms with Crippen LogP contribution in [0.3, 0.4) is 0 Å². The van der Waals surface area contributed by atoms with Gasteiger partial charge in [0.15, 0.2) is 0 Å². The summed E-state index contributed by atoms with van der Waals surface area (Å²) in [5.74, 6) is 0. The maximum absolute atomic E-state index is 9.57. The minimum Gasteiger partial charge on any atom is -0.305 e. The lowest BCUT2D eigenvalue weighted by molar-refractivity contribution is 0.227. The van der Waals surface area contributed by atoms with E-state index in [9.17, 15) is 4.57 Å². The summed E-state index contributed by atoms with van der Waals surface area (Å²) in [6, 6.07) is 0. The molecule has 0 heterocycles. The van der Waals surface area contributed by atoms with Crippen LogP contribution in [-0.2, 0) is 9.09 Å². The Hall–Kier alpha value is 0.0200. The lowest BCUT2D eigenvalue weighted by atomic mass is 10.5. The third kappa shape index (κ3) is 3.86. The quantitative estimate of drug-likeness (QED) is 0.446. The Kier molecular flexibility index (Phi) is 4.20. The van der Waals surface area contributed by atoms with E-state index in [2.05, 4.69) is 4.52 Å². The summed E-state index contributed by atoms with van der Waals surface area (Å²) in [6.07, 6.45) is 0.314. The zero-order chi connectivity index (χ0) is 5.70. The van der Waals surface area contributed by atoms with Gasteiger partial charge in [-0.3, -0.25) is 4.52 Å². The van der Waals surface area contributed by atoms with Crippen LogP contribution in [0.1, 0.15) is 13.3 Å². The van der Waals surface area contributed by atoms with Crippen molar-refractivity contribution in [1.29, 1.82) is 0 Å². The molecule has 0 bridgehead atoms. The van der Waals surface area contributed by atoms with E-state index in [1.54, 1.807) is 0 Å². The number of hydrogen-bond donors (Lipinski definition) is 1. The van der Waals surface area contributed by atoms with Gasteiger partial charge < -0.3 is 5.73 Å². The highest BCUT2D eigenvalue weighted by atomic mass is 31.1. The Labute approximate surface area is 44.1 Å². The van der Waals surface area contributed by atoms with Gasteiger partial charge in [-0.25, -0.2) is 4.57 Å². The fourth-order valence-corrected chi connectivity index (χ4v) is 0.389. The lowest BCUT2D eigenvalue weighted by Gasteiger charge is -1.99. The van der Waals surface area contributed by atoms with Gasteiger partial charge in [-0.1, -0.05) is 6.92 Å². The van der Waals surface area contributed by atoms with E-state index < -0.39 is 0 Å². The molecule has 3 nitrogen and oxygen atoms in total. The van der Waals surface area contributed by atoms with Crippen LogP contribution in [0.15, 0.2) is 0 Å². The van der Waals surface area contributed by atoms with Crippen molar-refractivity contribution >= 4 is 8.69 Å². The average Bonchev–Trinajstić information content (AvgIpc) is 1.68. The van der Waals surface area contributed by atoms with Crippen LogP contribution in [0.5, 0.6) is 0 Å². The molecule has 0 amide bonds. The molecule has 0 spiro atoms. The molecule has 2 N–H and O–H groups in total. The van der Waals surface area contributed by atoms with Crippen molar-refractivity contribution in [3.8, 4) is 0 Å². The van der Waals surface area contributed by atoms with Gasteiger partial charge in [0.1, 0.15) is 6.23 Å². The van der Waals surface area contributed by atoms with Gasteiger partial charge in [-0.05, 0) is 6.42 Å². The van der Waals surface area contributed by atoms with Crippen LogP contribution in [0.2, 0.25) is 0 Å². The van der Waals surface area contributed by atoms with Crippen molar-refractivity contribution in [3.05, 3.63) is 0 Å². The van der Waals surface area contributed by atoms with Gasteiger partial charge in [-0.15, -0.1) is 0 Å². The van der Waals surface area contributed by atoms with Gasteiger partial charge in [0.05, 0.1) is 0 Å². The molecule has 0 fully saturated rings. The molecule has 1 unspecified atom stereocenters. The SMILES string of the molecule is CCC(N)OP=O. The third-order valence-electron chi connectivity index (χ3n) is 0.581. The van der Waals surface area contributed by atoms with E-state index in [0.717, 1.165) is 0 Å². The second kappa shape index (κ2) is 4.19. The Morgan fingerprint density at radius 1 is 2.00 bits per heavy atom. The van der Waals surface area contributed by atoms with Crippen molar-refractivity contribution in [2.75, 3.05) is 0 Å². The van der Waals surface area contributed by atoms with E-state index in [1.165, 1.54) is 0 Å². The molecule has 1 atom stereocenters. The molecule has 0 radical (unpaired) electrons. The smallest absolute Gasteiger partial charge is 0.305 e. The van der Waals surface area contributed by atoms with Crippen LogP contribution in [0.4, 0.5) is 0 Å². The maximum atomic E-state index is 9.57. The maximum Gasteiger partial charge on any atom is 0.328 e.